The van der Waals surface area contributed by atoms with Gasteiger partial charge in [0.1, 0.15) is 85.3 Å². The van der Waals surface area contributed by atoms with E-state index < -0.39 is 0 Å². The van der Waals surface area contributed by atoms with Crippen LogP contribution in [0.5, 0.6) is 0 Å². The van der Waals surface area contributed by atoms with Crippen LogP contribution in [0.2, 0.25) is 0 Å². The Hall–Kier alpha value is -15.6. The Morgan fingerprint density at radius 2 is 0.717 bits per heavy atom. The summed E-state index contributed by atoms with van der Waals surface area (Å²) in [6.07, 6.45) is 33.4. The van der Waals surface area contributed by atoms with Gasteiger partial charge in [0.05, 0.1) is 119 Å². The second-order valence-electron chi connectivity index (χ2n) is 33.1. The highest BCUT2D eigenvalue weighted by Crippen LogP contribution is 2.45. The predicted octanol–water partition coefficient (Wildman–Crippen LogP) is 10.1. The third-order valence-electron chi connectivity index (χ3n) is 24.6. The maximum atomic E-state index is 13.1. The molecule has 630 valence electrons. The number of aryl methyl sites for hydroxylation is 6. The van der Waals surface area contributed by atoms with E-state index in [1.54, 1.807) is 66.8 Å². The molecule has 1 N–H and O–H groups in total. The van der Waals surface area contributed by atoms with Gasteiger partial charge in [-0.05, 0) is 108 Å². The van der Waals surface area contributed by atoms with E-state index in [0.29, 0.717) is 179 Å². The van der Waals surface area contributed by atoms with Crippen LogP contribution in [0.4, 0.5) is 23.3 Å². The molecule has 26 rings (SSSR count). The summed E-state index contributed by atoms with van der Waals surface area (Å²) in [6, 6.07) is 19.2. The molecule has 16 bridgehead atoms. The number of nitrogens with zero attached hydrogens (tertiary/aromatic N) is 32. The average molecular weight is 1690 g/mol. The van der Waals surface area contributed by atoms with Crippen molar-refractivity contribution < 1.29 is 19.2 Å². The number of amides is 4. The topological polar surface area (TPSA) is 396 Å². The van der Waals surface area contributed by atoms with Gasteiger partial charge in [-0.1, -0.05) is 18.2 Å². The van der Waals surface area contributed by atoms with Gasteiger partial charge >= 0.3 is 0 Å². The van der Waals surface area contributed by atoms with Crippen molar-refractivity contribution in [1.29, 1.82) is 0 Å². The van der Waals surface area contributed by atoms with Crippen LogP contribution in [-0.4, -0.2) is 189 Å². The highest BCUT2D eigenvalue weighted by molar-refractivity contribution is 6.17. The van der Waals surface area contributed by atoms with E-state index in [1.165, 1.54) is 0 Å². The fourth-order valence-corrected chi connectivity index (χ4v) is 17.8. The number of aromatic nitrogens is 25. The lowest BCUT2D eigenvalue weighted by Crippen LogP contribution is -2.27. The monoisotopic (exact) mass is 1690 g/mol. The maximum absolute atomic E-state index is 13.1. The molecule has 0 atom stereocenters. The van der Waals surface area contributed by atoms with Gasteiger partial charge in [-0.25, -0.2) is 39.9 Å². The molecule has 16 aromatic heterocycles. The van der Waals surface area contributed by atoms with Crippen molar-refractivity contribution >= 4 is 92.5 Å². The molecule has 2 aliphatic carbocycles. The Bertz CT molecular complexity index is 7230. The molecule has 0 saturated heterocycles. The summed E-state index contributed by atoms with van der Waals surface area (Å²) in [5.74, 6) is 3.58. The van der Waals surface area contributed by atoms with Crippen molar-refractivity contribution in [2.24, 2.45) is 20.0 Å². The number of carbonyl (C=O) groups is 4. The number of carbonyl (C=O) groups excluding carboxylic acids is 4. The number of hydrogen-bond acceptors (Lipinski definition) is 25. The number of rotatable bonds is 2. The zero-order chi connectivity index (χ0) is 85.6. The van der Waals surface area contributed by atoms with Crippen molar-refractivity contribution in [3.63, 3.8) is 0 Å². The minimum atomic E-state index is -0.0859. The van der Waals surface area contributed by atoms with E-state index in [9.17, 15) is 19.2 Å². The lowest BCUT2D eigenvalue weighted by Gasteiger charge is -2.17. The van der Waals surface area contributed by atoms with Gasteiger partial charge in [0.15, 0.2) is 23.3 Å². The summed E-state index contributed by atoms with van der Waals surface area (Å²) in [7, 11) is 5.30. The SMILES string of the molecule is CN1C(=O)CCCn2cc(c(C3CC3)n2)C2=NCc3ncc(nc32)-c2c1nc1ccccn21.CN1C(=O)CCCn2cc(c(C3CC3)n2)C2=NCc3ncc(nc32)-c2c1nc1ncccn21.Cc1nn2cc1C1=NCc3ncc(nc31)-c1c(nc3ccccn13)N(C)C(=O)CCC2.Cc1nn2cc1C1=NCc3ncc(nc31)-c1c(nc3ccccn13)NC(=O)CCC2. The summed E-state index contributed by atoms with van der Waals surface area (Å²) in [4.78, 5) is 138. The fourth-order valence-electron chi connectivity index (χ4n) is 17.8. The zero-order valence-corrected chi connectivity index (χ0v) is 70.0. The Morgan fingerprint density at radius 1 is 0.362 bits per heavy atom. The number of hydrogen-bond donors (Lipinski definition) is 1. The molecule has 37 nitrogen and oxygen atoms in total. The summed E-state index contributed by atoms with van der Waals surface area (Å²) in [6.45, 7) is 8.63. The summed E-state index contributed by atoms with van der Waals surface area (Å²) < 4.78 is 15.4. The lowest BCUT2D eigenvalue weighted by atomic mass is 10.1. The van der Waals surface area contributed by atoms with Crippen LogP contribution in [-0.2, 0) is 71.5 Å². The fraction of sp³-hybridized carbons (Fsp3) is 0.300. The molecule has 127 heavy (non-hydrogen) atoms. The molecule has 37 heteroatoms. The number of imidazole rings is 4. The van der Waals surface area contributed by atoms with Gasteiger partial charge in [0, 0.05) is 163 Å². The number of pyridine rings is 3. The number of fused-ring (bicyclic) bond motifs is 32. The molecule has 16 aromatic rings. The van der Waals surface area contributed by atoms with Gasteiger partial charge < -0.3 is 5.32 Å². The second kappa shape index (κ2) is 30.4. The summed E-state index contributed by atoms with van der Waals surface area (Å²) in [5.41, 5.74) is 25.7. The Balaban J connectivity index is 0.0000000972. The van der Waals surface area contributed by atoms with Crippen LogP contribution in [0.25, 0.3) is 68.3 Å². The minimum Gasteiger partial charge on any atom is -0.309 e. The molecule has 10 aliphatic rings. The maximum Gasteiger partial charge on any atom is 0.236 e. The van der Waals surface area contributed by atoms with Crippen LogP contribution in [0.1, 0.15) is 179 Å². The van der Waals surface area contributed by atoms with Crippen molar-refractivity contribution in [2.45, 2.75) is 155 Å². The molecule has 4 amide bonds. The summed E-state index contributed by atoms with van der Waals surface area (Å²) >= 11 is 0. The van der Waals surface area contributed by atoms with Gasteiger partial charge in [-0.3, -0.25) is 110 Å². The molecule has 0 aromatic carbocycles. The highest BCUT2D eigenvalue weighted by Gasteiger charge is 2.39. The molecule has 2 fully saturated rings. The van der Waals surface area contributed by atoms with E-state index in [0.717, 1.165) is 167 Å². The molecule has 0 unspecified atom stereocenters. The number of aliphatic imine (C=N–C) groups is 4. The molecular weight excluding hydrogens is 1610 g/mol. The van der Waals surface area contributed by atoms with Crippen LogP contribution < -0.4 is 20.0 Å². The molecule has 0 radical (unpaired) electrons. The van der Waals surface area contributed by atoms with E-state index in [4.69, 9.17) is 70.0 Å². The Kier molecular flexibility index (Phi) is 18.3. The Morgan fingerprint density at radius 3 is 1.14 bits per heavy atom. The van der Waals surface area contributed by atoms with Crippen LogP contribution >= 0.6 is 0 Å². The normalized spacial score (nSPS) is 16.7. The van der Waals surface area contributed by atoms with Crippen molar-refractivity contribution in [3.05, 3.63) is 232 Å². The first kappa shape index (κ1) is 76.3. The van der Waals surface area contributed by atoms with E-state index in [-0.39, 0.29) is 23.6 Å². The van der Waals surface area contributed by atoms with Crippen molar-refractivity contribution in [2.75, 3.05) is 41.2 Å². The van der Waals surface area contributed by atoms with Gasteiger partial charge in [0.2, 0.25) is 29.4 Å². The average Bonchev–Trinajstić information content (AvgIpc) is 1.60. The molecule has 2 saturated carbocycles. The first-order valence-corrected chi connectivity index (χ1v) is 42.8. The number of nitrogens with one attached hydrogen (secondary N) is 1. The van der Waals surface area contributed by atoms with Crippen LogP contribution in [0, 0.1) is 13.8 Å². The second-order valence-corrected chi connectivity index (χ2v) is 33.1. The third kappa shape index (κ3) is 13.5. The smallest absolute Gasteiger partial charge is 0.236 e. The quantitative estimate of drug-likeness (QED) is 0.168. The highest BCUT2D eigenvalue weighted by atomic mass is 16.2. The van der Waals surface area contributed by atoms with Crippen LogP contribution in [0.15, 0.2) is 161 Å². The first-order chi connectivity index (χ1) is 62.1. The van der Waals surface area contributed by atoms with E-state index in [1.807, 2.05) is 148 Å². The first-order valence-electron chi connectivity index (χ1n) is 42.8. The standard InChI is InChI=1S/C24H22N8O.C23H21N9O.C22H20N8O.C21H18N8O/c1-30-19(33)6-4-9-31-13-15(20(29-31)14-7-8-14)21-22-16(11-26-21)25-12-17(27-22)23-24(30)28-18-5-2-3-10-32(18)23;1-30-17(33)4-2-8-31-12-14(18(29-31)13-5-6-13)19-20-15(10-26-19)25-11-16(27-20)21-22(30)28-23-24-7-3-9-32(21)23;1-13-14-12-29(27-13)8-5-7-18(31)28(2)22-21(30-9-4-3-6-17(30)26-22)16-11-23-15-10-24-19(14)20(15)25-16;1-12-13-11-28(27-12)7-4-6-17(30)26-21-20(29-8-3-2-5-16(29)25-21)15-10-22-14-9-23-18(13)19(14)24-15/h2-3,5,10,12-14H,4,6-9,11H2,1H3;3,7,9,11-13H,2,4-6,8,10H2,1H3;3-4,6,9,11-12H,5,7-8,10H2,1-2H3;2-3,5,8,10-11H,4,6-7,9H2,1H3,(H,26,30). The van der Waals surface area contributed by atoms with Gasteiger partial charge in [-0.2, -0.15) is 25.4 Å². The molecule has 24 heterocycles. The molecule has 8 aliphatic heterocycles. The third-order valence-corrected chi connectivity index (χ3v) is 24.6. The van der Waals surface area contributed by atoms with Gasteiger partial charge in [-0.15, -0.1) is 0 Å². The van der Waals surface area contributed by atoms with Crippen molar-refractivity contribution in [1.82, 2.24) is 122 Å². The molecular formula is C90H81N33O4. The van der Waals surface area contributed by atoms with E-state index in [2.05, 4.69) is 52.8 Å². The Labute approximate surface area is 723 Å². The van der Waals surface area contributed by atoms with Crippen LogP contribution in [0.3, 0.4) is 0 Å². The predicted molar refractivity (Wildman–Crippen MR) is 468 cm³/mol. The van der Waals surface area contributed by atoms with Crippen molar-refractivity contribution in [3.8, 4) is 45.6 Å². The largest absolute Gasteiger partial charge is 0.309 e. The van der Waals surface area contributed by atoms with Gasteiger partial charge in [0.25, 0.3) is 0 Å². The van der Waals surface area contributed by atoms with E-state index >= 15 is 0 Å². The minimum absolute atomic E-state index is 0.00203. The lowest BCUT2D eigenvalue weighted by molar-refractivity contribution is -0.119. The number of anilines is 4. The summed E-state index contributed by atoms with van der Waals surface area (Å²) in [5, 5.41) is 22.0. The zero-order valence-electron chi connectivity index (χ0n) is 70.0. The molecule has 0 spiro atoms.